The first-order chi connectivity index (χ1) is 13.5. The molecule has 0 radical (unpaired) electrons. The van der Waals surface area contributed by atoms with E-state index in [1.807, 2.05) is 0 Å². The first kappa shape index (κ1) is 21.4. The van der Waals surface area contributed by atoms with Crippen molar-refractivity contribution in [3.8, 4) is 12.3 Å². The largest absolute Gasteiger partial charge is 0.448 e. The Morgan fingerprint density at radius 3 is 2.89 bits per heavy atom. The van der Waals surface area contributed by atoms with Crippen LogP contribution in [-0.2, 0) is 15.7 Å². The molecule has 0 aliphatic carbocycles. The van der Waals surface area contributed by atoms with Crippen LogP contribution < -0.4 is 0 Å². The van der Waals surface area contributed by atoms with Crippen molar-refractivity contribution < 1.29 is 18.7 Å². The third-order valence-corrected chi connectivity index (χ3v) is 7.95. The number of nitrogens with zero attached hydrogens (tertiary/aromatic N) is 3. The molecule has 28 heavy (non-hydrogen) atoms. The number of carbonyl (C=O) groups is 1. The second-order valence-corrected chi connectivity index (χ2v) is 10.4. The molecule has 0 aromatic heterocycles. The number of benzene rings is 1. The summed E-state index contributed by atoms with van der Waals surface area (Å²) in [5, 5.41) is 11.3. The van der Waals surface area contributed by atoms with Gasteiger partial charge in [0.15, 0.2) is 0 Å². The van der Waals surface area contributed by atoms with Crippen LogP contribution in [0.1, 0.15) is 6.42 Å². The molecule has 2 saturated heterocycles. The number of piperidine rings is 1. The van der Waals surface area contributed by atoms with Crippen molar-refractivity contribution >= 4 is 52.9 Å². The van der Waals surface area contributed by atoms with Gasteiger partial charge in [0, 0.05) is 30.8 Å². The zero-order chi connectivity index (χ0) is 20.3. The lowest BCUT2D eigenvalue weighted by atomic mass is 9.97. The van der Waals surface area contributed by atoms with Crippen molar-refractivity contribution in [3.05, 3.63) is 34.4 Å². The van der Waals surface area contributed by atoms with Gasteiger partial charge in [-0.15, -0.1) is 6.42 Å². The molecule has 0 spiro atoms. The van der Waals surface area contributed by atoms with Gasteiger partial charge in [0.1, 0.15) is 28.5 Å². The molecule has 1 amide bonds. The van der Waals surface area contributed by atoms with Gasteiger partial charge < -0.3 is 4.74 Å². The fraction of sp³-hybridized carbons (Fsp3) is 0.471. The Morgan fingerprint density at radius 2 is 2.21 bits per heavy atom. The molecule has 0 N–H and O–H groups in total. The van der Waals surface area contributed by atoms with Gasteiger partial charge in [-0.2, -0.15) is 0 Å². The molecule has 2 heterocycles. The standard InChI is InChI=1S/C17H18IN3O5S2/c1-2-14-12-9-13(20(14)17(22)26-7-8-27-18)11-19(10-12)28(25)16-6-4-3-5-15(16)21(23)24/h1,3-6,12-14H,7-11H2. The molecule has 1 aromatic carbocycles. The van der Waals surface area contributed by atoms with E-state index in [0.29, 0.717) is 31.9 Å². The maximum atomic E-state index is 13.1. The van der Waals surface area contributed by atoms with Crippen molar-refractivity contribution in [3.63, 3.8) is 0 Å². The second kappa shape index (κ2) is 9.43. The third-order valence-electron chi connectivity index (χ3n) is 4.82. The van der Waals surface area contributed by atoms with Crippen molar-refractivity contribution in [2.24, 2.45) is 5.92 Å². The maximum absolute atomic E-state index is 13.1. The SMILES string of the molecule is C#CC1C2CC(CN(S(=O)c3ccccc3[N+](=O)[O-])C2)N1C(=O)OCCSI. The number of fused-ring (bicyclic) bond motifs is 2. The smallest absolute Gasteiger partial charge is 0.411 e. The predicted molar refractivity (Wildman–Crippen MR) is 115 cm³/mol. The number of nitro benzene ring substituents is 1. The van der Waals surface area contributed by atoms with E-state index in [1.54, 1.807) is 30.3 Å². The van der Waals surface area contributed by atoms with Crippen LogP contribution in [0.3, 0.4) is 0 Å². The van der Waals surface area contributed by atoms with Crippen LogP contribution in [0.5, 0.6) is 0 Å². The number of rotatable bonds is 6. The summed E-state index contributed by atoms with van der Waals surface area (Å²) in [7, 11) is -0.167. The quantitative estimate of drug-likeness (QED) is 0.183. The molecule has 4 unspecified atom stereocenters. The minimum Gasteiger partial charge on any atom is -0.448 e. The van der Waals surface area contributed by atoms with Gasteiger partial charge in [0.25, 0.3) is 5.69 Å². The van der Waals surface area contributed by atoms with Crippen LogP contribution in [0.25, 0.3) is 0 Å². The number of amides is 1. The topological polar surface area (TPSA) is 93.0 Å². The molecule has 11 heteroatoms. The summed E-state index contributed by atoms with van der Waals surface area (Å²) < 4.78 is 20.1. The highest BCUT2D eigenvalue weighted by Crippen LogP contribution is 2.37. The molecular weight excluding hydrogens is 517 g/mol. The number of para-hydroxylation sites is 1. The fourth-order valence-corrected chi connectivity index (χ4v) is 5.81. The number of halogens is 1. The Balaban J connectivity index is 1.79. The summed E-state index contributed by atoms with van der Waals surface area (Å²) in [5.41, 5.74) is -0.181. The summed E-state index contributed by atoms with van der Waals surface area (Å²) >= 11 is 2.13. The highest BCUT2D eigenvalue weighted by atomic mass is 127. The Kier molecular flexibility index (Phi) is 7.19. The third kappa shape index (κ3) is 4.29. The van der Waals surface area contributed by atoms with Crippen molar-refractivity contribution in [1.29, 1.82) is 0 Å². The average Bonchev–Trinajstić information content (AvgIpc) is 2.96. The van der Waals surface area contributed by atoms with Gasteiger partial charge >= 0.3 is 6.09 Å². The summed E-state index contributed by atoms with van der Waals surface area (Å²) in [6, 6.07) is 5.34. The van der Waals surface area contributed by atoms with Crippen LogP contribution in [0.15, 0.2) is 29.2 Å². The fourth-order valence-electron chi connectivity index (χ4n) is 3.70. The van der Waals surface area contributed by atoms with Crippen LogP contribution >= 0.6 is 30.1 Å². The molecule has 4 atom stereocenters. The van der Waals surface area contributed by atoms with Gasteiger partial charge in [-0.05, 0) is 33.7 Å². The van der Waals surface area contributed by atoms with E-state index in [2.05, 4.69) is 27.1 Å². The van der Waals surface area contributed by atoms with Crippen molar-refractivity contribution in [1.82, 2.24) is 9.21 Å². The highest BCUT2D eigenvalue weighted by molar-refractivity contribution is 14.2. The molecule has 2 bridgehead atoms. The summed E-state index contributed by atoms with van der Waals surface area (Å²) in [6.45, 7) is 1.02. The Bertz CT molecular complexity index is 833. The Hall–Kier alpha value is -1.36. The number of nitro groups is 1. The zero-order valence-electron chi connectivity index (χ0n) is 14.7. The van der Waals surface area contributed by atoms with E-state index in [9.17, 15) is 19.1 Å². The molecule has 0 saturated carbocycles. The van der Waals surface area contributed by atoms with Crippen LogP contribution in [-0.4, -0.2) is 62.0 Å². The van der Waals surface area contributed by atoms with Crippen LogP contribution in [0.4, 0.5) is 10.5 Å². The number of ether oxygens (including phenoxy) is 1. The number of hydrogen-bond donors (Lipinski definition) is 0. The first-order valence-electron chi connectivity index (χ1n) is 8.53. The van der Waals surface area contributed by atoms with E-state index < -0.39 is 28.0 Å². The lowest BCUT2D eigenvalue weighted by molar-refractivity contribution is -0.387. The van der Waals surface area contributed by atoms with Crippen molar-refractivity contribution in [2.75, 3.05) is 25.4 Å². The minimum atomic E-state index is -1.72. The number of carbonyl (C=O) groups excluding carboxylic acids is 1. The minimum absolute atomic E-state index is 0.0537. The lowest BCUT2D eigenvalue weighted by Gasteiger charge is -2.30. The van der Waals surface area contributed by atoms with E-state index in [-0.39, 0.29) is 22.5 Å². The molecule has 2 aliphatic heterocycles. The van der Waals surface area contributed by atoms with E-state index >= 15 is 0 Å². The molecule has 3 rings (SSSR count). The molecule has 2 fully saturated rings. The van der Waals surface area contributed by atoms with Gasteiger partial charge in [0.2, 0.25) is 0 Å². The van der Waals surface area contributed by atoms with Crippen LogP contribution in [0.2, 0.25) is 0 Å². The van der Waals surface area contributed by atoms with E-state index in [0.717, 1.165) is 0 Å². The van der Waals surface area contributed by atoms with Crippen molar-refractivity contribution in [2.45, 2.75) is 23.4 Å². The zero-order valence-corrected chi connectivity index (χ0v) is 18.5. The van der Waals surface area contributed by atoms with E-state index in [4.69, 9.17) is 11.2 Å². The number of terminal acetylenes is 1. The molecule has 1 aromatic rings. The Labute approximate surface area is 181 Å². The summed E-state index contributed by atoms with van der Waals surface area (Å²) in [5.74, 6) is 3.30. The average molecular weight is 535 g/mol. The predicted octanol–water partition coefficient (Wildman–Crippen LogP) is 2.85. The molecule has 8 nitrogen and oxygen atoms in total. The lowest BCUT2D eigenvalue weighted by Crippen LogP contribution is -2.45. The molecule has 2 aliphatic rings. The maximum Gasteiger partial charge on any atom is 0.411 e. The number of likely N-dealkylation sites (tertiary alicyclic amines) is 1. The summed E-state index contributed by atoms with van der Waals surface area (Å²) in [6.07, 6.45) is 5.93. The highest BCUT2D eigenvalue weighted by Gasteiger charge is 2.49. The molecular formula is C17H18IN3O5S2. The van der Waals surface area contributed by atoms with Gasteiger partial charge in [-0.25, -0.2) is 13.3 Å². The van der Waals surface area contributed by atoms with Gasteiger partial charge in [-0.1, -0.05) is 27.0 Å². The van der Waals surface area contributed by atoms with Crippen LogP contribution in [0, 0.1) is 28.4 Å². The number of hydrogen-bond acceptors (Lipinski definition) is 6. The molecule has 150 valence electrons. The first-order valence-corrected chi connectivity index (χ1v) is 13.2. The van der Waals surface area contributed by atoms with E-state index in [1.165, 1.54) is 12.1 Å². The van der Waals surface area contributed by atoms with Gasteiger partial charge in [-0.3, -0.25) is 15.0 Å². The summed E-state index contributed by atoms with van der Waals surface area (Å²) in [4.78, 5) is 25.0. The van der Waals surface area contributed by atoms with Gasteiger partial charge in [0.05, 0.1) is 11.0 Å². The normalized spacial score (nSPS) is 25.1. The Morgan fingerprint density at radius 1 is 1.46 bits per heavy atom. The second-order valence-electron chi connectivity index (χ2n) is 6.42. The monoisotopic (exact) mass is 535 g/mol.